The number of thioether (sulfide) groups is 1. The van der Waals surface area contributed by atoms with E-state index in [-0.39, 0.29) is 29.8 Å². The molecule has 0 aliphatic carbocycles. The molecule has 23 heavy (non-hydrogen) atoms. The summed E-state index contributed by atoms with van der Waals surface area (Å²) in [6.07, 6.45) is 4.89. The van der Waals surface area contributed by atoms with Crippen molar-refractivity contribution < 1.29 is 4.39 Å². The van der Waals surface area contributed by atoms with Gasteiger partial charge in [-0.05, 0) is 43.4 Å². The third kappa shape index (κ3) is 6.21. The summed E-state index contributed by atoms with van der Waals surface area (Å²) in [6.45, 7) is 4.50. The van der Waals surface area contributed by atoms with Gasteiger partial charge in [0.25, 0.3) is 0 Å². The van der Waals surface area contributed by atoms with Crippen LogP contribution in [0.5, 0.6) is 0 Å². The van der Waals surface area contributed by atoms with Crippen molar-refractivity contribution in [1.82, 2.24) is 15.6 Å². The van der Waals surface area contributed by atoms with Gasteiger partial charge in [-0.3, -0.25) is 4.99 Å². The number of H-pyrrole nitrogens is 1. The second-order valence-corrected chi connectivity index (χ2v) is 5.92. The first-order valence-electron chi connectivity index (χ1n) is 7.51. The SMILES string of the molecule is CCNC(=NCCSC)NCCc1c[nH]c2cc(F)ccc12.I. The van der Waals surface area contributed by atoms with Crippen molar-refractivity contribution in [3.8, 4) is 0 Å². The van der Waals surface area contributed by atoms with Crippen LogP contribution in [0.25, 0.3) is 10.9 Å². The summed E-state index contributed by atoms with van der Waals surface area (Å²) in [5, 5.41) is 7.65. The molecule has 7 heteroatoms. The van der Waals surface area contributed by atoms with Crippen LogP contribution < -0.4 is 10.6 Å². The Bertz CT molecular complexity index is 630. The Morgan fingerprint density at radius 2 is 2.17 bits per heavy atom. The van der Waals surface area contributed by atoms with Crippen LogP contribution in [0.4, 0.5) is 4.39 Å². The van der Waals surface area contributed by atoms with Gasteiger partial charge in [0, 0.05) is 35.9 Å². The zero-order valence-electron chi connectivity index (χ0n) is 13.5. The monoisotopic (exact) mass is 450 g/mol. The number of guanidine groups is 1. The van der Waals surface area contributed by atoms with Gasteiger partial charge in [0.05, 0.1) is 6.54 Å². The average Bonchev–Trinajstić information content (AvgIpc) is 2.90. The van der Waals surface area contributed by atoms with Crippen LogP contribution in [0, 0.1) is 5.82 Å². The van der Waals surface area contributed by atoms with Crippen LogP contribution in [-0.4, -0.2) is 42.6 Å². The van der Waals surface area contributed by atoms with Crippen molar-refractivity contribution in [1.29, 1.82) is 0 Å². The summed E-state index contributed by atoms with van der Waals surface area (Å²) in [5.41, 5.74) is 2.03. The molecule has 1 heterocycles. The van der Waals surface area contributed by atoms with Crippen molar-refractivity contribution in [2.45, 2.75) is 13.3 Å². The standard InChI is InChI=1S/C16H23FN4S.HI/c1-3-18-16(20-8-9-22-2)19-7-6-12-11-21-15-10-13(17)4-5-14(12)15;/h4-5,10-11,21H,3,6-9H2,1-2H3,(H2,18,19,20);1H. The van der Waals surface area contributed by atoms with Gasteiger partial charge in [-0.2, -0.15) is 11.8 Å². The highest BCUT2D eigenvalue weighted by atomic mass is 127. The molecule has 128 valence electrons. The molecule has 2 aromatic rings. The maximum atomic E-state index is 13.2. The zero-order chi connectivity index (χ0) is 15.8. The minimum absolute atomic E-state index is 0. The normalized spacial score (nSPS) is 11.3. The number of aromatic amines is 1. The molecule has 0 aliphatic rings. The number of aromatic nitrogens is 1. The van der Waals surface area contributed by atoms with Crippen LogP contribution >= 0.6 is 35.7 Å². The van der Waals surface area contributed by atoms with Gasteiger partial charge in [-0.1, -0.05) is 0 Å². The molecule has 4 nitrogen and oxygen atoms in total. The lowest BCUT2D eigenvalue weighted by Gasteiger charge is -2.10. The lowest BCUT2D eigenvalue weighted by atomic mass is 10.1. The molecule has 0 amide bonds. The number of hydrogen-bond acceptors (Lipinski definition) is 2. The Morgan fingerprint density at radius 1 is 1.35 bits per heavy atom. The van der Waals surface area contributed by atoms with Crippen molar-refractivity contribution >= 4 is 52.6 Å². The number of hydrogen-bond donors (Lipinski definition) is 3. The van der Waals surface area contributed by atoms with Gasteiger partial charge in [0.2, 0.25) is 0 Å². The summed E-state index contributed by atoms with van der Waals surface area (Å²) < 4.78 is 13.2. The Labute approximate surface area is 158 Å². The quantitative estimate of drug-likeness (QED) is 0.263. The molecule has 0 aliphatic heterocycles. The van der Waals surface area contributed by atoms with E-state index in [1.54, 1.807) is 11.8 Å². The molecule has 3 N–H and O–H groups in total. The van der Waals surface area contributed by atoms with Crippen LogP contribution in [0.15, 0.2) is 29.4 Å². The molecule has 0 unspecified atom stereocenters. The minimum atomic E-state index is -0.214. The fraction of sp³-hybridized carbons (Fsp3) is 0.438. The van der Waals surface area contributed by atoms with E-state index >= 15 is 0 Å². The fourth-order valence-electron chi connectivity index (χ4n) is 2.27. The van der Waals surface area contributed by atoms with Gasteiger partial charge in [0.15, 0.2) is 5.96 Å². The molecule has 0 atom stereocenters. The van der Waals surface area contributed by atoms with Crippen molar-refractivity contribution in [2.75, 3.05) is 31.6 Å². The molecular weight excluding hydrogens is 426 g/mol. The number of benzene rings is 1. The molecule has 0 radical (unpaired) electrons. The van der Waals surface area contributed by atoms with Crippen molar-refractivity contribution in [3.05, 3.63) is 35.8 Å². The number of aliphatic imine (C=N–C) groups is 1. The number of rotatable bonds is 7. The van der Waals surface area contributed by atoms with E-state index in [9.17, 15) is 4.39 Å². The molecule has 0 saturated carbocycles. The zero-order valence-corrected chi connectivity index (χ0v) is 16.6. The van der Waals surface area contributed by atoms with E-state index in [2.05, 4.69) is 33.8 Å². The average molecular weight is 450 g/mol. The second-order valence-electron chi connectivity index (χ2n) is 4.93. The number of halogens is 2. The molecule has 2 rings (SSSR count). The summed E-state index contributed by atoms with van der Waals surface area (Å²) in [5.74, 6) is 1.65. The highest BCUT2D eigenvalue weighted by molar-refractivity contribution is 14.0. The Morgan fingerprint density at radius 3 is 2.91 bits per heavy atom. The molecule has 0 spiro atoms. The van der Waals surface area contributed by atoms with E-state index in [1.807, 2.05) is 12.3 Å². The van der Waals surface area contributed by atoms with Gasteiger partial charge in [-0.25, -0.2) is 4.39 Å². The van der Waals surface area contributed by atoms with Gasteiger partial charge < -0.3 is 15.6 Å². The van der Waals surface area contributed by atoms with Crippen LogP contribution in [0.2, 0.25) is 0 Å². The molecule has 1 aromatic carbocycles. The van der Waals surface area contributed by atoms with Crippen LogP contribution in [0.3, 0.4) is 0 Å². The lowest BCUT2D eigenvalue weighted by Crippen LogP contribution is -2.38. The first-order chi connectivity index (χ1) is 10.7. The largest absolute Gasteiger partial charge is 0.361 e. The Hall–Kier alpha value is -0.960. The first-order valence-corrected chi connectivity index (χ1v) is 8.90. The molecule has 0 fully saturated rings. The maximum absolute atomic E-state index is 13.2. The molecule has 0 bridgehead atoms. The summed E-state index contributed by atoms with van der Waals surface area (Å²) in [4.78, 5) is 7.63. The summed E-state index contributed by atoms with van der Waals surface area (Å²) >= 11 is 1.79. The topological polar surface area (TPSA) is 52.2 Å². The second kappa shape index (κ2) is 10.7. The highest BCUT2D eigenvalue weighted by Gasteiger charge is 2.05. The van der Waals surface area contributed by atoms with Gasteiger partial charge >= 0.3 is 0 Å². The summed E-state index contributed by atoms with van der Waals surface area (Å²) in [6, 6.07) is 4.86. The van der Waals surface area contributed by atoms with Crippen molar-refractivity contribution in [2.24, 2.45) is 4.99 Å². The molecule has 0 saturated heterocycles. The maximum Gasteiger partial charge on any atom is 0.191 e. The van der Waals surface area contributed by atoms with Crippen molar-refractivity contribution in [3.63, 3.8) is 0 Å². The van der Waals surface area contributed by atoms with E-state index in [4.69, 9.17) is 0 Å². The van der Waals surface area contributed by atoms with E-state index in [1.165, 1.54) is 17.7 Å². The smallest absolute Gasteiger partial charge is 0.191 e. The lowest BCUT2D eigenvalue weighted by molar-refractivity contribution is 0.629. The highest BCUT2D eigenvalue weighted by Crippen LogP contribution is 2.19. The third-order valence-electron chi connectivity index (χ3n) is 3.33. The van der Waals surface area contributed by atoms with Gasteiger partial charge in [-0.15, -0.1) is 24.0 Å². The van der Waals surface area contributed by atoms with Crippen LogP contribution in [-0.2, 0) is 6.42 Å². The number of fused-ring (bicyclic) bond motifs is 1. The van der Waals surface area contributed by atoms with Gasteiger partial charge in [0.1, 0.15) is 5.82 Å². The summed E-state index contributed by atoms with van der Waals surface area (Å²) in [7, 11) is 0. The Kier molecular flexibility index (Phi) is 9.39. The first kappa shape index (κ1) is 20.1. The van der Waals surface area contributed by atoms with E-state index < -0.39 is 0 Å². The van der Waals surface area contributed by atoms with Crippen LogP contribution in [0.1, 0.15) is 12.5 Å². The van der Waals surface area contributed by atoms with E-state index in [0.29, 0.717) is 0 Å². The predicted molar refractivity (Wildman–Crippen MR) is 110 cm³/mol. The fourth-order valence-corrected chi connectivity index (χ4v) is 2.55. The molecular formula is C16H24FIN4S. The van der Waals surface area contributed by atoms with E-state index in [0.717, 1.165) is 48.7 Å². The number of nitrogens with zero attached hydrogens (tertiary/aromatic N) is 1. The number of nitrogens with one attached hydrogen (secondary N) is 3. The predicted octanol–water partition coefficient (Wildman–Crippen LogP) is 3.39. The molecule has 1 aromatic heterocycles. The minimum Gasteiger partial charge on any atom is -0.361 e. The Balaban J connectivity index is 0.00000264. The third-order valence-corrected chi connectivity index (χ3v) is 3.92.